The van der Waals surface area contributed by atoms with Crippen LogP contribution in [0.15, 0.2) is 18.2 Å². The van der Waals surface area contributed by atoms with Crippen molar-refractivity contribution in [2.45, 2.75) is 20.1 Å². The summed E-state index contributed by atoms with van der Waals surface area (Å²) >= 11 is 0. The quantitative estimate of drug-likeness (QED) is 0.904. The van der Waals surface area contributed by atoms with Crippen LogP contribution in [0.4, 0.5) is 8.78 Å². The van der Waals surface area contributed by atoms with Gasteiger partial charge in [0.05, 0.1) is 5.56 Å². The molecule has 6 heteroatoms. The lowest BCUT2D eigenvalue weighted by atomic mass is 10.1. The zero-order chi connectivity index (χ0) is 13.3. The Hall–Kier alpha value is -1.85. The molecule has 1 amide bonds. The summed E-state index contributed by atoms with van der Waals surface area (Å²) in [5.41, 5.74) is 0.0466. The van der Waals surface area contributed by atoms with Gasteiger partial charge < -0.3 is 14.8 Å². The van der Waals surface area contributed by atoms with Crippen LogP contribution in [-0.4, -0.2) is 18.7 Å². The summed E-state index contributed by atoms with van der Waals surface area (Å²) in [6.45, 7) is 4.33. The van der Waals surface area contributed by atoms with Crippen molar-refractivity contribution in [1.29, 1.82) is 0 Å². The van der Waals surface area contributed by atoms with Crippen molar-refractivity contribution >= 4 is 5.91 Å². The molecule has 1 aliphatic rings. The second kappa shape index (κ2) is 4.44. The van der Waals surface area contributed by atoms with Crippen molar-refractivity contribution in [2.24, 2.45) is 5.92 Å². The molecule has 0 bridgehead atoms. The number of amides is 1. The van der Waals surface area contributed by atoms with Gasteiger partial charge in [-0.2, -0.15) is 0 Å². The number of fused-ring (bicyclic) bond motifs is 1. The number of benzene rings is 1. The molecule has 0 unspecified atom stereocenters. The molecule has 1 heterocycles. The van der Waals surface area contributed by atoms with Crippen molar-refractivity contribution in [3.8, 4) is 11.5 Å². The van der Waals surface area contributed by atoms with E-state index in [9.17, 15) is 13.6 Å². The highest BCUT2D eigenvalue weighted by molar-refractivity contribution is 5.97. The van der Waals surface area contributed by atoms with Crippen LogP contribution in [0.2, 0.25) is 0 Å². The summed E-state index contributed by atoms with van der Waals surface area (Å²) in [5, 5.41) is 2.64. The van der Waals surface area contributed by atoms with Gasteiger partial charge in [-0.3, -0.25) is 4.79 Å². The van der Waals surface area contributed by atoms with Gasteiger partial charge in [-0.05, 0) is 18.1 Å². The first-order valence-corrected chi connectivity index (χ1v) is 5.56. The fraction of sp³-hybridized carbons (Fsp3) is 0.417. The molecule has 0 atom stereocenters. The van der Waals surface area contributed by atoms with E-state index in [1.165, 1.54) is 18.2 Å². The molecule has 18 heavy (non-hydrogen) atoms. The van der Waals surface area contributed by atoms with Gasteiger partial charge in [-0.25, -0.2) is 0 Å². The monoisotopic (exact) mass is 257 g/mol. The Morgan fingerprint density at radius 1 is 1.39 bits per heavy atom. The van der Waals surface area contributed by atoms with E-state index in [4.69, 9.17) is 0 Å². The Morgan fingerprint density at radius 3 is 2.78 bits per heavy atom. The van der Waals surface area contributed by atoms with E-state index >= 15 is 0 Å². The van der Waals surface area contributed by atoms with Gasteiger partial charge in [0.2, 0.25) is 0 Å². The van der Waals surface area contributed by atoms with Crippen molar-refractivity contribution in [3.05, 3.63) is 23.8 Å². The second-order valence-corrected chi connectivity index (χ2v) is 4.40. The summed E-state index contributed by atoms with van der Waals surface area (Å²) in [6.07, 6.45) is -3.71. The fourth-order valence-electron chi connectivity index (χ4n) is 1.54. The summed E-state index contributed by atoms with van der Waals surface area (Å²) < 4.78 is 34.4. The first kappa shape index (κ1) is 12.6. The maximum Gasteiger partial charge on any atom is 0.586 e. The van der Waals surface area contributed by atoms with Gasteiger partial charge in [-0.15, -0.1) is 8.78 Å². The SMILES string of the molecule is CC(C)CNC(=O)c1cccc2c1OC(F)(F)O2. The first-order chi connectivity index (χ1) is 8.39. The average Bonchev–Trinajstić information content (AvgIpc) is 2.59. The molecule has 0 aromatic heterocycles. The smallest absolute Gasteiger partial charge is 0.395 e. The molecule has 0 saturated carbocycles. The standard InChI is InChI=1S/C12H13F2NO3/c1-7(2)6-15-11(16)8-4-3-5-9-10(8)18-12(13,14)17-9/h3-5,7H,6H2,1-2H3,(H,15,16). The summed E-state index contributed by atoms with van der Waals surface area (Å²) in [6, 6.07) is 4.21. The molecule has 1 N–H and O–H groups in total. The van der Waals surface area contributed by atoms with Crippen molar-refractivity contribution in [1.82, 2.24) is 5.32 Å². The third-order valence-corrected chi connectivity index (χ3v) is 2.34. The predicted molar refractivity (Wildman–Crippen MR) is 59.8 cm³/mol. The number of hydrogen-bond donors (Lipinski definition) is 1. The molecule has 0 fully saturated rings. The third-order valence-electron chi connectivity index (χ3n) is 2.34. The minimum Gasteiger partial charge on any atom is -0.395 e. The molecule has 0 spiro atoms. The molecule has 1 aliphatic heterocycles. The zero-order valence-corrected chi connectivity index (χ0v) is 10.00. The number of nitrogens with one attached hydrogen (secondary N) is 1. The van der Waals surface area contributed by atoms with E-state index in [1.807, 2.05) is 13.8 Å². The molecule has 1 aromatic rings. The molecule has 0 saturated heterocycles. The van der Waals surface area contributed by atoms with Crippen LogP contribution in [0.25, 0.3) is 0 Å². The highest BCUT2D eigenvalue weighted by atomic mass is 19.3. The molecule has 1 aromatic carbocycles. The van der Waals surface area contributed by atoms with Gasteiger partial charge in [0, 0.05) is 6.54 Å². The van der Waals surface area contributed by atoms with Gasteiger partial charge in [0.15, 0.2) is 11.5 Å². The highest BCUT2D eigenvalue weighted by Gasteiger charge is 2.45. The minimum atomic E-state index is -3.71. The van der Waals surface area contributed by atoms with Crippen LogP contribution in [0.3, 0.4) is 0 Å². The van der Waals surface area contributed by atoms with E-state index in [0.717, 1.165) is 0 Å². The van der Waals surface area contributed by atoms with Gasteiger partial charge >= 0.3 is 6.29 Å². The van der Waals surface area contributed by atoms with Crippen LogP contribution >= 0.6 is 0 Å². The normalized spacial score (nSPS) is 15.8. The van der Waals surface area contributed by atoms with E-state index < -0.39 is 12.2 Å². The van der Waals surface area contributed by atoms with Crippen molar-refractivity contribution in [2.75, 3.05) is 6.54 Å². The number of carbonyl (C=O) groups excluding carboxylic acids is 1. The number of hydrogen-bond acceptors (Lipinski definition) is 3. The van der Waals surface area contributed by atoms with Gasteiger partial charge in [0.1, 0.15) is 0 Å². The van der Waals surface area contributed by atoms with Gasteiger partial charge in [0.25, 0.3) is 5.91 Å². The van der Waals surface area contributed by atoms with E-state index in [-0.39, 0.29) is 23.0 Å². The first-order valence-electron chi connectivity index (χ1n) is 5.56. The third kappa shape index (κ3) is 2.52. The summed E-state index contributed by atoms with van der Waals surface area (Å²) in [5.74, 6) is -0.535. The molecule has 98 valence electrons. The number of halogens is 2. The summed E-state index contributed by atoms with van der Waals surface area (Å²) in [4.78, 5) is 11.8. The lowest BCUT2D eigenvalue weighted by Crippen LogP contribution is -2.29. The highest BCUT2D eigenvalue weighted by Crippen LogP contribution is 2.43. The predicted octanol–water partition coefficient (Wildman–Crippen LogP) is 2.39. The Kier molecular flexibility index (Phi) is 3.11. The van der Waals surface area contributed by atoms with E-state index in [0.29, 0.717) is 6.54 Å². The number of carbonyl (C=O) groups is 1. The lowest BCUT2D eigenvalue weighted by Gasteiger charge is -2.09. The summed E-state index contributed by atoms with van der Waals surface area (Å²) in [7, 11) is 0. The number of ether oxygens (including phenoxy) is 2. The Balaban J connectivity index is 2.21. The van der Waals surface area contributed by atoms with E-state index in [1.54, 1.807) is 0 Å². The maximum atomic E-state index is 12.9. The Morgan fingerprint density at radius 2 is 2.11 bits per heavy atom. The average molecular weight is 257 g/mol. The largest absolute Gasteiger partial charge is 0.586 e. The van der Waals surface area contributed by atoms with Crippen LogP contribution < -0.4 is 14.8 Å². The molecular weight excluding hydrogens is 244 g/mol. The van der Waals surface area contributed by atoms with Gasteiger partial charge in [-0.1, -0.05) is 19.9 Å². The molecule has 0 aliphatic carbocycles. The number of para-hydroxylation sites is 1. The molecule has 0 radical (unpaired) electrons. The number of alkyl halides is 2. The Bertz CT molecular complexity index is 474. The zero-order valence-electron chi connectivity index (χ0n) is 10.00. The Labute approximate surface area is 103 Å². The van der Waals surface area contributed by atoms with Crippen LogP contribution in [0, 0.1) is 5.92 Å². The topological polar surface area (TPSA) is 47.6 Å². The van der Waals surface area contributed by atoms with E-state index in [2.05, 4.69) is 14.8 Å². The van der Waals surface area contributed by atoms with Crippen LogP contribution in [0.1, 0.15) is 24.2 Å². The molecule has 2 rings (SSSR count). The molecular formula is C12H13F2NO3. The number of rotatable bonds is 3. The fourth-order valence-corrected chi connectivity index (χ4v) is 1.54. The van der Waals surface area contributed by atoms with Crippen LogP contribution in [0.5, 0.6) is 11.5 Å². The van der Waals surface area contributed by atoms with Crippen LogP contribution in [-0.2, 0) is 0 Å². The van der Waals surface area contributed by atoms with Crippen molar-refractivity contribution < 1.29 is 23.0 Å². The minimum absolute atomic E-state index is 0.0466. The molecule has 4 nitrogen and oxygen atoms in total. The maximum absolute atomic E-state index is 12.9. The van der Waals surface area contributed by atoms with Crippen molar-refractivity contribution in [3.63, 3.8) is 0 Å². The lowest BCUT2D eigenvalue weighted by molar-refractivity contribution is -0.286. The second-order valence-electron chi connectivity index (χ2n) is 4.40.